The molecule has 1 atom stereocenters. The van der Waals surface area contributed by atoms with Gasteiger partial charge < -0.3 is 10.4 Å². The van der Waals surface area contributed by atoms with E-state index < -0.39 is 11.5 Å². The molecule has 2 N–H and O–H groups in total. The SMILES string of the molecule is CCNC(CC)(CC(=O)O)c1ccccc1F. The van der Waals surface area contributed by atoms with Gasteiger partial charge in [-0.1, -0.05) is 32.0 Å². The summed E-state index contributed by atoms with van der Waals surface area (Å²) < 4.78 is 13.8. The second-order valence-corrected chi connectivity index (χ2v) is 4.02. The minimum Gasteiger partial charge on any atom is -0.481 e. The van der Waals surface area contributed by atoms with Gasteiger partial charge in [-0.2, -0.15) is 0 Å². The topological polar surface area (TPSA) is 49.3 Å². The average molecular weight is 239 g/mol. The Balaban J connectivity index is 3.21. The summed E-state index contributed by atoms with van der Waals surface area (Å²) in [4.78, 5) is 11.0. The zero-order chi connectivity index (χ0) is 12.9. The standard InChI is InChI=1S/C13H18FNO2/c1-3-13(15-4-2,9-12(16)17)10-7-5-6-8-11(10)14/h5-8,15H,3-4,9H2,1-2H3,(H,16,17). The molecule has 1 aromatic rings. The lowest BCUT2D eigenvalue weighted by molar-refractivity contribution is -0.139. The van der Waals surface area contributed by atoms with Crippen molar-refractivity contribution in [3.05, 3.63) is 35.6 Å². The third kappa shape index (κ3) is 3.03. The van der Waals surface area contributed by atoms with Gasteiger partial charge in [0.15, 0.2) is 0 Å². The summed E-state index contributed by atoms with van der Waals surface area (Å²) in [5.41, 5.74) is -0.405. The minimum absolute atomic E-state index is 0.127. The van der Waals surface area contributed by atoms with E-state index in [0.29, 0.717) is 18.5 Å². The van der Waals surface area contributed by atoms with Gasteiger partial charge in [0.2, 0.25) is 0 Å². The largest absolute Gasteiger partial charge is 0.481 e. The zero-order valence-corrected chi connectivity index (χ0v) is 10.2. The first-order valence-electron chi connectivity index (χ1n) is 5.77. The third-order valence-electron chi connectivity index (χ3n) is 2.96. The Morgan fingerprint density at radius 3 is 2.53 bits per heavy atom. The summed E-state index contributed by atoms with van der Waals surface area (Å²) in [5, 5.41) is 12.1. The number of benzene rings is 1. The Morgan fingerprint density at radius 1 is 1.41 bits per heavy atom. The second kappa shape index (κ2) is 5.77. The average Bonchev–Trinajstić information content (AvgIpc) is 2.28. The van der Waals surface area contributed by atoms with Crippen molar-refractivity contribution in [2.75, 3.05) is 6.54 Å². The van der Waals surface area contributed by atoms with Crippen LogP contribution in [0.1, 0.15) is 32.3 Å². The van der Waals surface area contributed by atoms with Gasteiger partial charge in [0.1, 0.15) is 5.82 Å². The Labute approximate surface area is 101 Å². The first kappa shape index (κ1) is 13.6. The molecule has 4 heteroatoms. The van der Waals surface area contributed by atoms with Crippen LogP contribution in [0.4, 0.5) is 4.39 Å². The van der Waals surface area contributed by atoms with Gasteiger partial charge in [0, 0.05) is 5.56 Å². The van der Waals surface area contributed by atoms with Gasteiger partial charge in [-0.25, -0.2) is 4.39 Å². The van der Waals surface area contributed by atoms with Crippen molar-refractivity contribution < 1.29 is 14.3 Å². The maximum absolute atomic E-state index is 13.8. The lowest BCUT2D eigenvalue weighted by atomic mass is 9.83. The van der Waals surface area contributed by atoms with Crippen LogP contribution < -0.4 is 5.32 Å². The molecule has 3 nitrogen and oxygen atoms in total. The van der Waals surface area contributed by atoms with E-state index >= 15 is 0 Å². The summed E-state index contributed by atoms with van der Waals surface area (Å²) in [7, 11) is 0. The highest BCUT2D eigenvalue weighted by Gasteiger charge is 2.34. The molecule has 1 aromatic carbocycles. The highest BCUT2D eigenvalue weighted by atomic mass is 19.1. The molecule has 0 amide bonds. The summed E-state index contributed by atoms with van der Waals surface area (Å²) in [5.74, 6) is -1.30. The summed E-state index contributed by atoms with van der Waals surface area (Å²) in [6.45, 7) is 4.33. The van der Waals surface area contributed by atoms with Crippen molar-refractivity contribution in [2.45, 2.75) is 32.2 Å². The maximum atomic E-state index is 13.8. The number of carboxylic acid groups (broad SMARTS) is 1. The van der Waals surface area contributed by atoms with Gasteiger partial charge in [-0.05, 0) is 19.0 Å². The fraction of sp³-hybridized carbons (Fsp3) is 0.462. The maximum Gasteiger partial charge on any atom is 0.305 e. The molecule has 0 aliphatic rings. The molecule has 1 unspecified atom stereocenters. The van der Waals surface area contributed by atoms with Crippen LogP contribution in [0.15, 0.2) is 24.3 Å². The van der Waals surface area contributed by atoms with Crippen LogP contribution in [0.25, 0.3) is 0 Å². The molecule has 17 heavy (non-hydrogen) atoms. The van der Waals surface area contributed by atoms with Crippen LogP contribution in [0.3, 0.4) is 0 Å². The highest BCUT2D eigenvalue weighted by molar-refractivity contribution is 5.69. The summed E-state index contributed by atoms with van der Waals surface area (Å²) >= 11 is 0. The number of hydrogen-bond acceptors (Lipinski definition) is 2. The lowest BCUT2D eigenvalue weighted by Gasteiger charge is -2.33. The van der Waals surface area contributed by atoms with Crippen LogP contribution in [-0.4, -0.2) is 17.6 Å². The van der Waals surface area contributed by atoms with Gasteiger partial charge in [0.25, 0.3) is 0 Å². The Bertz CT molecular complexity index is 395. The number of halogens is 1. The van der Waals surface area contributed by atoms with E-state index in [-0.39, 0.29) is 12.2 Å². The quantitative estimate of drug-likeness (QED) is 0.802. The third-order valence-corrected chi connectivity index (χ3v) is 2.96. The van der Waals surface area contributed by atoms with E-state index in [1.807, 2.05) is 13.8 Å². The van der Waals surface area contributed by atoms with Crippen LogP contribution in [0, 0.1) is 5.82 Å². The monoisotopic (exact) mass is 239 g/mol. The Hall–Kier alpha value is -1.42. The van der Waals surface area contributed by atoms with Crippen LogP contribution in [0.2, 0.25) is 0 Å². The molecule has 0 aromatic heterocycles. The smallest absolute Gasteiger partial charge is 0.305 e. The number of nitrogens with one attached hydrogen (secondary N) is 1. The molecule has 0 aliphatic heterocycles. The van der Waals surface area contributed by atoms with Crippen LogP contribution in [0.5, 0.6) is 0 Å². The van der Waals surface area contributed by atoms with E-state index in [1.54, 1.807) is 18.2 Å². The van der Waals surface area contributed by atoms with Gasteiger partial charge in [-0.15, -0.1) is 0 Å². The lowest BCUT2D eigenvalue weighted by Crippen LogP contribution is -2.44. The van der Waals surface area contributed by atoms with E-state index in [9.17, 15) is 9.18 Å². The Kier molecular flexibility index (Phi) is 4.63. The summed E-state index contributed by atoms with van der Waals surface area (Å²) in [6.07, 6.45) is 0.395. The molecule has 0 spiro atoms. The number of aliphatic carboxylic acids is 1. The van der Waals surface area contributed by atoms with E-state index in [0.717, 1.165) is 0 Å². The van der Waals surface area contributed by atoms with Crippen LogP contribution in [-0.2, 0) is 10.3 Å². The first-order valence-corrected chi connectivity index (χ1v) is 5.77. The molecule has 1 rings (SSSR count). The van der Waals surface area contributed by atoms with E-state index in [1.165, 1.54) is 6.07 Å². The highest BCUT2D eigenvalue weighted by Crippen LogP contribution is 2.30. The molecule has 0 aliphatic carbocycles. The van der Waals surface area contributed by atoms with Crippen molar-refractivity contribution in [2.24, 2.45) is 0 Å². The second-order valence-electron chi connectivity index (χ2n) is 4.02. The zero-order valence-electron chi connectivity index (χ0n) is 10.2. The fourth-order valence-electron chi connectivity index (χ4n) is 2.14. The number of carboxylic acids is 1. The minimum atomic E-state index is -0.934. The molecular formula is C13H18FNO2. The van der Waals surface area contributed by atoms with Gasteiger partial charge in [0.05, 0.1) is 12.0 Å². The van der Waals surface area contributed by atoms with Crippen molar-refractivity contribution in [3.8, 4) is 0 Å². The molecule has 0 bridgehead atoms. The molecule has 0 saturated carbocycles. The van der Waals surface area contributed by atoms with E-state index in [2.05, 4.69) is 5.32 Å². The number of hydrogen-bond donors (Lipinski definition) is 2. The predicted molar refractivity (Wildman–Crippen MR) is 64.3 cm³/mol. The summed E-state index contributed by atoms with van der Waals surface area (Å²) in [6, 6.07) is 6.33. The molecule has 0 fully saturated rings. The fourth-order valence-corrected chi connectivity index (χ4v) is 2.14. The normalized spacial score (nSPS) is 14.3. The van der Waals surface area contributed by atoms with E-state index in [4.69, 9.17) is 5.11 Å². The molecule has 94 valence electrons. The van der Waals surface area contributed by atoms with Crippen molar-refractivity contribution in [1.82, 2.24) is 5.32 Å². The molecule has 0 saturated heterocycles. The predicted octanol–water partition coefficient (Wildman–Crippen LogP) is 2.52. The number of rotatable bonds is 6. The molecule has 0 heterocycles. The molecular weight excluding hydrogens is 221 g/mol. The van der Waals surface area contributed by atoms with Crippen molar-refractivity contribution in [3.63, 3.8) is 0 Å². The van der Waals surface area contributed by atoms with Gasteiger partial charge >= 0.3 is 5.97 Å². The van der Waals surface area contributed by atoms with Crippen LogP contribution >= 0.6 is 0 Å². The first-order chi connectivity index (χ1) is 8.05. The number of carbonyl (C=O) groups is 1. The van der Waals surface area contributed by atoms with Gasteiger partial charge in [-0.3, -0.25) is 4.79 Å². The molecule has 0 radical (unpaired) electrons. The van der Waals surface area contributed by atoms with Crippen molar-refractivity contribution >= 4 is 5.97 Å². The van der Waals surface area contributed by atoms with Crippen molar-refractivity contribution in [1.29, 1.82) is 0 Å². The Morgan fingerprint density at radius 2 is 2.06 bits per heavy atom.